The van der Waals surface area contributed by atoms with E-state index < -0.39 is 15.9 Å². The van der Waals surface area contributed by atoms with E-state index in [1.807, 2.05) is 42.5 Å². The minimum absolute atomic E-state index is 0.0393. The lowest BCUT2D eigenvalue weighted by Gasteiger charge is -2.12. The second-order valence-corrected chi connectivity index (χ2v) is 9.29. The van der Waals surface area contributed by atoms with Gasteiger partial charge < -0.3 is 14.8 Å². The fourth-order valence-electron chi connectivity index (χ4n) is 3.16. The summed E-state index contributed by atoms with van der Waals surface area (Å²) in [6, 6.07) is 18.8. The van der Waals surface area contributed by atoms with E-state index in [9.17, 15) is 13.2 Å². The van der Waals surface area contributed by atoms with E-state index in [0.717, 1.165) is 11.1 Å². The van der Waals surface area contributed by atoms with Gasteiger partial charge in [-0.2, -0.15) is 0 Å². The maximum Gasteiger partial charge on any atom is 0.251 e. The van der Waals surface area contributed by atoms with E-state index in [0.29, 0.717) is 24.5 Å². The van der Waals surface area contributed by atoms with Gasteiger partial charge in [-0.3, -0.25) is 4.79 Å². The first-order valence-electron chi connectivity index (χ1n) is 10.2. The molecule has 0 aromatic heterocycles. The first kappa shape index (κ1) is 24.6. The number of nitrogens with one attached hydrogen (secondary N) is 2. The molecule has 33 heavy (non-hydrogen) atoms. The lowest BCUT2D eigenvalue weighted by atomic mass is 10.1. The summed E-state index contributed by atoms with van der Waals surface area (Å²) in [5.41, 5.74) is 1.96. The van der Waals surface area contributed by atoms with Crippen LogP contribution in [0, 0.1) is 0 Å². The SMILES string of the molecule is COc1ccc(CCNC(=O)c2ccc(Cl)c(S(=O)(=O)NCc3ccccc3)c2)cc1OC. The Hall–Kier alpha value is -3.07. The van der Waals surface area contributed by atoms with Gasteiger partial charge in [0.2, 0.25) is 10.0 Å². The summed E-state index contributed by atoms with van der Waals surface area (Å²) in [5, 5.41) is 2.84. The van der Waals surface area contributed by atoms with Gasteiger partial charge in [0.1, 0.15) is 4.90 Å². The minimum atomic E-state index is -3.91. The number of carbonyl (C=O) groups excluding carboxylic acids is 1. The van der Waals surface area contributed by atoms with E-state index in [4.69, 9.17) is 21.1 Å². The molecule has 0 aliphatic heterocycles. The van der Waals surface area contributed by atoms with Crippen molar-refractivity contribution in [3.63, 3.8) is 0 Å². The van der Waals surface area contributed by atoms with Crippen molar-refractivity contribution in [3.05, 3.63) is 88.4 Å². The lowest BCUT2D eigenvalue weighted by Crippen LogP contribution is -2.27. The third-order valence-corrected chi connectivity index (χ3v) is 6.82. The molecule has 3 aromatic carbocycles. The molecule has 0 heterocycles. The van der Waals surface area contributed by atoms with Crippen molar-refractivity contribution in [2.24, 2.45) is 0 Å². The highest BCUT2D eigenvalue weighted by atomic mass is 35.5. The third kappa shape index (κ3) is 6.47. The summed E-state index contributed by atoms with van der Waals surface area (Å²) in [4.78, 5) is 12.5. The van der Waals surface area contributed by atoms with Crippen LogP contribution >= 0.6 is 11.6 Å². The Morgan fingerprint density at radius 2 is 1.64 bits per heavy atom. The van der Waals surface area contributed by atoms with Crippen molar-refractivity contribution in [1.82, 2.24) is 10.0 Å². The summed E-state index contributed by atoms with van der Waals surface area (Å²) in [7, 11) is -0.786. The molecule has 0 aliphatic rings. The van der Waals surface area contributed by atoms with Crippen molar-refractivity contribution in [1.29, 1.82) is 0 Å². The largest absolute Gasteiger partial charge is 0.493 e. The number of amides is 1. The number of hydrogen-bond donors (Lipinski definition) is 2. The van der Waals surface area contributed by atoms with Crippen LogP contribution in [0.5, 0.6) is 11.5 Å². The molecule has 0 atom stereocenters. The molecular formula is C24H25ClN2O5S. The van der Waals surface area contributed by atoms with Gasteiger partial charge in [0.05, 0.1) is 19.2 Å². The van der Waals surface area contributed by atoms with E-state index in [2.05, 4.69) is 10.0 Å². The van der Waals surface area contributed by atoms with Crippen LogP contribution in [-0.2, 0) is 23.0 Å². The van der Waals surface area contributed by atoms with Gasteiger partial charge in [-0.05, 0) is 47.9 Å². The van der Waals surface area contributed by atoms with E-state index in [1.165, 1.54) is 18.2 Å². The molecule has 9 heteroatoms. The van der Waals surface area contributed by atoms with E-state index >= 15 is 0 Å². The Bertz CT molecular complexity index is 1220. The number of sulfonamides is 1. The van der Waals surface area contributed by atoms with Crippen molar-refractivity contribution in [3.8, 4) is 11.5 Å². The molecule has 0 saturated carbocycles. The Morgan fingerprint density at radius 1 is 0.909 bits per heavy atom. The van der Waals surface area contributed by atoms with Crippen LogP contribution in [0.4, 0.5) is 0 Å². The van der Waals surface area contributed by atoms with E-state index in [1.54, 1.807) is 20.3 Å². The number of halogens is 1. The highest BCUT2D eigenvalue weighted by molar-refractivity contribution is 7.89. The molecule has 0 fully saturated rings. The Morgan fingerprint density at radius 3 is 2.33 bits per heavy atom. The van der Waals surface area contributed by atoms with Gasteiger partial charge in [-0.1, -0.05) is 48.0 Å². The molecule has 3 aromatic rings. The lowest BCUT2D eigenvalue weighted by molar-refractivity contribution is 0.0954. The number of rotatable bonds is 10. The zero-order valence-corrected chi connectivity index (χ0v) is 19.9. The topological polar surface area (TPSA) is 93.7 Å². The first-order valence-corrected chi connectivity index (χ1v) is 12.0. The number of ether oxygens (including phenoxy) is 2. The van der Waals surface area contributed by atoms with Crippen LogP contribution in [0.25, 0.3) is 0 Å². The molecule has 174 valence electrons. The molecular weight excluding hydrogens is 464 g/mol. The quantitative estimate of drug-likeness (QED) is 0.452. The van der Waals surface area contributed by atoms with Gasteiger partial charge in [0, 0.05) is 18.7 Å². The number of carbonyl (C=O) groups is 1. The average molecular weight is 489 g/mol. The van der Waals surface area contributed by atoms with E-state index in [-0.39, 0.29) is 22.0 Å². The predicted octanol–water partition coefficient (Wildman–Crippen LogP) is 3.81. The molecule has 3 rings (SSSR count). The van der Waals surface area contributed by atoms with Gasteiger partial charge in [0.15, 0.2) is 11.5 Å². The number of hydrogen-bond acceptors (Lipinski definition) is 5. The Labute approximate surface area is 198 Å². The molecule has 0 spiro atoms. The van der Waals surface area contributed by atoms with Crippen LogP contribution in [0.3, 0.4) is 0 Å². The standard InChI is InChI=1S/C24H25ClN2O5S/c1-31-21-11-8-17(14-22(21)32-2)12-13-26-24(28)19-9-10-20(25)23(15-19)33(29,30)27-16-18-6-4-3-5-7-18/h3-11,14-15,27H,12-13,16H2,1-2H3,(H,26,28). The predicted molar refractivity (Wildman–Crippen MR) is 128 cm³/mol. The van der Waals surface area contributed by atoms with Crippen molar-refractivity contribution < 1.29 is 22.7 Å². The van der Waals surface area contributed by atoms with Gasteiger partial charge >= 0.3 is 0 Å². The summed E-state index contributed by atoms with van der Waals surface area (Å²) in [5.74, 6) is 0.838. The van der Waals surface area contributed by atoms with Crippen LogP contribution < -0.4 is 19.5 Å². The summed E-state index contributed by atoms with van der Waals surface area (Å²) >= 11 is 6.13. The molecule has 0 bridgehead atoms. The van der Waals surface area contributed by atoms with Crippen molar-refractivity contribution >= 4 is 27.5 Å². The number of benzene rings is 3. The number of methoxy groups -OCH3 is 2. The molecule has 1 amide bonds. The average Bonchev–Trinajstić information content (AvgIpc) is 2.83. The first-order chi connectivity index (χ1) is 15.8. The smallest absolute Gasteiger partial charge is 0.251 e. The van der Waals surface area contributed by atoms with Crippen LogP contribution in [0.1, 0.15) is 21.5 Å². The third-order valence-electron chi connectivity index (χ3n) is 4.94. The molecule has 2 N–H and O–H groups in total. The summed E-state index contributed by atoms with van der Waals surface area (Å²) in [6.07, 6.45) is 0.559. The molecule has 0 saturated heterocycles. The normalized spacial score (nSPS) is 11.1. The summed E-state index contributed by atoms with van der Waals surface area (Å²) in [6.45, 7) is 0.465. The monoisotopic (exact) mass is 488 g/mol. The van der Waals surface area contributed by atoms with Crippen LogP contribution in [-0.4, -0.2) is 35.1 Å². The molecule has 0 radical (unpaired) electrons. The second kappa shape index (κ2) is 11.2. The van der Waals surface area contributed by atoms with Crippen molar-refractivity contribution in [2.75, 3.05) is 20.8 Å². The molecule has 0 unspecified atom stereocenters. The van der Waals surface area contributed by atoms with Crippen LogP contribution in [0.15, 0.2) is 71.6 Å². The second-order valence-electron chi connectivity index (χ2n) is 7.15. The zero-order chi connectivity index (χ0) is 23.8. The fraction of sp³-hybridized carbons (Fsp3) is 0.208. The maximum atomic E-state index is 12.8. The van der Waals surface area contributed by atoms with Crippen LogP contribution in [0.2, 0.25) is 5.02 Å². The van der Waals surface area contributed by atoms with Gasteiger partial charge in [0.25, 0.3) is 5.91 Å². The zero-order valence-electron chi connectivity index (χ0n) is 18.3. The molecule has 7 nitrogen and oxygen atoms in total. The minimum Gasteiger partial charge on any atom is -0.493 e. The Kier molecular flexibility index (Phi) is 8.32. The maximum absolute atomic E-state index is 12.8. The highest BCUT2D eigenvalue weighted by Gasteiger charge is 2.20. The molecule has 0 aliphatic carbocycles. The summed E-state index contributed by atoms with van der Waals surface area (Å²) < 4.78 is 38.6. The van der Waals surface area contributed by atoms with Gasteiger partial charge in [-0.25, -0.2) is 13.1 Å². The fourth-order valence-corrected chi connectivity index (χ4v) is 4.70. The van der Waals surface area contributed by atoms with Crippen molar-refractivity contribution in [2.45, 2.75) is 17.9 Å². The Balaban J connectivity index is 1.65. The van der Waals surface area contributed by atoms with Gasteiger partial charge in [-0.15, -0.1) is 0 Å². The highest BCUT2D eigenvalue weighted by Crippen LogP contribution is 2.27.